The molecule has 1 saturated heterocycles. The van der Waals surface area contributed by atoms with Gasteiger partial charge < -0.3 is 15.4 Å². The van der Waals surface area contributed by atoms with Crippen LogP contribution in [0, 0.1) is 5.92 Å². The third-order valence-electron chi connectivity index (χ3n) is 6.64. The fraction of sp³-hybridized carbons (Fsp3) is 0.385. The zero-order valence-electron chi connectivity index (χ0n) is 19.7. The van der Waals surface area contributed by atoms with E-state index < -0.39 is 0 Å². The van der Waals surface area contributed by atoms with Crippen LogP contribution in [0.1, 0.15) is 37.9 Å². The molecule has 1 aromatic carbocycles. The molecule has 35 heavy (non-hydrogen) atoms. The van der Waals surface area contributed by atoms with Gasteiger partial charge in [0.1, 0.15) is 29.7 Å². The number of carbonyl (C=O) groups excluding carboxylic acids is 1. The summed E-state index contributed by atoms with van der Waals surface area (Å²) in [4.78, 5) is 23.1. The molecule has 2 aromatic heterocycles. The van der Waals surface area contributed by atoms with E-state index in [0.717, 1.165) is 41.8 Å². The summed E-state index contributed by atoms with van der Waals surface area (Å²) in [7, 11) is 0. The van der Waals surface area contributed by atoms with Crippen LogP contribution in [0.3, 0.4) is 0 Å². The van der Waals surface area contributed by atoms with Gasteiger partial charge in [-0.3, -0.25) is 4.79 Å². The van der Waals surface area contributed by atoms with Crippen LogP contribution < -0.4 is 10.5 Å². The molecule has 2 unspecified atom stereocenters. The molecular formula is C26H29ClN6O2. The van der Waals surface area contributed by atoms with Gasteiger partial charge in [-0.05, 0) is 36.6 Å². The molecule has 0 saturated carbocycles. The minimum atomic E-state index is -0.0806. The number of nitrogens with two attached hydrogens (primary N) is 1. The quantitative estimate of drug-likeness (QED) is 0.517. The molecule has 1 amide bonds. The molecule has 0 spiro atoms. The first-order valence-corrected chi connectivity index (χ1v) is 12.5. The van der Waals surface area contributed by atoms with Crippen molar-refractivity contribution >= 4 is 39.9 Å². The van der Waals surface area contributed by atoms with Crippen LogP contribution in [0.2, 0.25) is 0 Å². The predicted octanol–water partition coefficient (Wildman–Crippen LogP) is 4.24. The molecule has 3 aromatic rings. The summed E-state index contributed by atoms with van der Waals surface area (Å²) in [5.74, 6) is 1.76. The maximum absolute atomic E-state index is 12.5. The van der Waals surface area contributed by atoms with Crippen molar-refractivity contribution < 1.29 is 9.53 Å². The SMILES string of the molecule is CC1C=C(c2nn([C@@H]3CCCN(C(=O)CCCl)C3)c3ncnc(N)c23)C=CC1Oc1ccccc1. The number of para-hydroxylation sites is 1. The Morgan fingerprint density at radius 1 is 1.26 bits per heavy atom. The van der Waals surface area contributed by atoms with Crippen molar-refractivity contribution in [3.63, 3.8) is 0 Å². The summed E-state index contributed by atoms with van der Waals surface area (Å²) < 4.78 is 8.09. The van der Waals surface area contributed by atoms with E-state index in [2.05, 4.69) is 29.0 Å². The summed E-state index contributed by atoms with van der Waals surface area (Å²) in [6.45, 7) is 3.44. The number of carbonyl (C=O) groups is 1. The number of rotatable bonds is 6. The number of ether oxygens (including phenoxy) is 1. The topological polar surface area (TPSA) is 99.2 Å². The Morgan fingerprint density at radius 2 is 2.09 bits per heavy atom. The number of hydrogen-bond donors (Lipinski definition) is 1. The normalized spacial score (nSPS) is 22.3. The van der Waals surface area contributed by atoms with E-state index in [0.29, 0.717) is 30.3 Å². The highest BCUT2D eigenvalue weighted by atomic mass is 35.5. The highest BCUT2D eigenvalue weighted by Crippen LogP contribution is 2.35. The second-order valence-electron chi connectivity index (χ2n) is 9.06. The zero-order chi connectivity index (χ0) is 24.4. The second-order valence-corrected chi connectivity index (χ2v) is 9.44. The summed E-state index contributed by atoms with van der Waals surface area (Å²) in [5.41, 5.74) is 8.73. The number of amides is 1. The van der Waals surface area contributed by atoms with Gasteiger partial charge in [0.15, 0.2) is 5.65 Å². The molecule has 8 nitrogen and oxygen atoms in total. The van der Waals surface area contributed by atoms with Crippen LogP contribution in [0.5, 0.6) is 5.75 Å². The summed E-state index contributed by atoms with van der Waals surface area (Å²) in [6.07, 6.45) is 9.78. The number of piperidine rings is 1. The molecule has 5 rings (SSSR count). The second kappa shape index (κ2) is 10.1. The Bertz CT molecular complexity index is 1270. The molecule has 2 N–H and O–H groups in total. The molecule has 2 aliphatic rings. The summed E-state index contributed by atoms with van der Waals surface area (Å²) in [5, 5.41) is 5.73. The molecule has 9 heteroatoms. The molecule has 1 aliphatic carbocycles. The van der Waals surface area contributed by atoms with E-state index in [1.807, 2.05) is 46.0 Å². The van der Waals surface area contributed by atoms with Gasteiger partial charge in [0.25, 0.3) is 0 Å². The number of hydrogen-bond acceptors (Lipinski definition) is 6. The molecular weight excluding hydrogens is 464 g/mol. The number of anilines is 1. The predicted molar refractivity (Wildman–Crippen MR) is 137 cm³/mol. The fourth-order valence-corrected chi connectivity index (χ4v) is 5.00. The van der Waals surface area contributed by atoms with E-state index in [-0.39, 0.29) is 24.0 Å². The van der Waals surface area contributed by atoms with Crippen LogP contribution >= 0.6 is 11.6 Å². The van der Waals surface area contributed by atoms with Crippen molar-refractivity contribution in [1.29, 1.82) is 0 Å². The lowest BCUT2D eigenvalue weighted by Crippen LogP contribution is -2.41. The third kappa shape index (κ3) is 4.75. The lowest BCUT2D eigenvalue weighted by Gasteiger charge is -2.33. The van der Waals surface area contributed by atoms with Gasteiger partial charge in [0, 0.05) is 31.3 Å². The Labute approximate surface area is 209 Å². The minimum Gasteiger partial charge on any atom is -0.486 e. The van der Waals surface area contributed by atoms with E-state index in [4.69, 9.17) is 27.2 Å². The van der Waals surface area contributed by atoms with E-state index in [1.165, 1.54) is 6.33 Å². The number of nitrogen functional groups attached to an aromatic ring is 1. The van der Waals surface area contributed by atoms with Gasteiger partial charge in [-0.2, -0.15) is 5.10 Å². The van der Waals surface area contributed by atoms with Gasteiger partial charge in [-0.1, -0.05) is 37.3 Å². The maximum Gasteiger partial charge on any atom is 0.223 e. The van der Waals surface area contributed by atoms with Crippen LogP contribution in [0.4, 0.5) is 5.82 Å². The monoisotopic (exact) mass is 492 g/mol. The smallest absolute Gasteiger partial charge is 0.223 e. The van der Waals surface area contributed by atoms with Gasteiger partial charge in [-0.15, -0.1) is 11.6 Å². The highest BCUT2D eigenvalue weighted by molar-refractivity contribution is 6.18. The van der Waals surface area contributed by atoms with Crippen LogP contribution in [-0.4, -0.2) is 55.6 Å². The Morgan fingerprint density at radius 3 is 2.86 bits per heavy atom. The number of benzene rings is 1. The van der Waals surface area contributed by atoms with Gasteiger partial charge in [0.05, 0.1) is 11.4 Å². The third-order valence-corrected chi connectivity index (χ3v) is 6.83. The number of allylic oxidation sites excluding steroid dienone is 2. The number of alkyl halides is 1. The van der Waals surface area contributed by atoms with Crippen molar-refractivity contribution in [3.05, 3.63) is 60.6 Å². The van der Waals surface area contributed by atoms with E-state index in [1.54, 1.807) is 0 Å². The Kier molecular flexibility index (Phi) is 6.72. The minimum absolute atomic E-state index is 0.00771. The van der Waals surface area contributed by atoms with Gasteiger partial charge in [-0.25, -0.2) is 14.6 Å². The van der Waals surface area contributed by atoms with Crippen molar-refractivity contribution in [3.8, 4) is 5.75 Å². The summed E-state index contributed by atoms with van der Waals surface area (Å²) >= 11 is 5.80. The van der Waals surface area contributed by atoms with Crippen molar-refractivity contribution in [2.75, 3.05) is 24.7 Å². The molecule has 1 aliphatic heterocycles. The molecule has 0 bridgehead atoms. The first kappa shape index (κ1) is 23.4. The Balaban J connectivity index is 1.45. The number of halogens is 1. The van der Waals surface area contributed by atoms with Crippen molar-refractivity contribution in [2.24, 2.45) is 5.92 Å². The van der Waals surface area contributed by atoms with Gasteiger partial charge >= 0.3 is 0 Å². The van der Waals surface area contributed by atoms with Crippen LogP contribution in [0.25, 0.3) is 16.6 Å². The van der Waals surface area contributed by atoms with Crippen LogP contribution in [0.15, 0.2) is 54.9 Å². The molecule has 0 radical (unpaired) electrons. The number of likely N-dealkylation sites (tertiary alicyclic amines) is 1. The van der Waals surface area contributed by atoms with Gasteiger partial charge in [0.2, 0.25) is 5.91 Å². The zero-order valence-corrected chi connectivity index (χ0v) is 20.4. The van der Waals surface area contributed by atoms with Crippen LogP contribution in [-0.2, 0) is 4.79 Å². The van der Waals surface area contributed by atoms with Crippen molar-refractivity contribution in [2.45, 2.75) is 38.3 Å². The van der Waals surface area contributed by atoms with Crippen molar-refractivity contribution in [1.82, 2.24) is 24.6 Å². The summed E-state index contributed by atoms with van der Waals surface area (Å²) in [6, 6.07) is 9.82. The fourth-order valence-electron chi connectivity index (χ4n) is 4.84. The number of aromatic nitrogens is 4. The molecule has 3 heterocycles. The first-order valence-electron chi connectivity index (χ1n) is 12.0. The Hall–Kier alpha value is -3.39. The average molecular weight is 493 g/mol. The average Bonchev–Trinajstić information content (AvgIpc) is 3.27. The maximum atomic E-state index is 12.5. The number of nitrogens with zero attached hydrogens (tertiary/aromatic N) is 5. The van der Waals surface area contributed by atoms with E-state index >= 15 is 0 Å². The lowest BCUT2D eigenvalue weighted by atomic mass is 9.93. The highest BCUT2D eigenvalue weighted by Gasteiger charge is 2.29. The van der Waals surface area contributed by atoms with E-state index in [9.17, 15) is 4.79 Å². The first-order chi connectivity index (χ1) is 17.0. The molecule has 1 fully saturated rings. The standard InChI is InChI=1S/C26H29ClN6O2/c1-17-14-18(9-10-21(17)35-20-7-3-2-4-8-20)24-23-25(28)29-16-30-26(23)33(31-24)19-6-5-13-32(15-19)22(34)11-12-27/h2-4,7-10,14,16-17,19,21H,5-6,11-13,15H2,1H3,(H2,28,29,30)/t17?,19-,21?/m1/s1. The largest absolute Gasteiger partial charge is 0.486 e. The number of fused-ring (bicyclic) bond motifs is 1. The molecule has 3 atom stereocenters. The lowest BCUT2D eigenvalue weighted by molar-refractivity contribution is -0.132. The molecule has 182 valence electrons.